The first kappa shape index (κ1) is 11.5. The summed E-state index contributed by atoms with van der Waals surface area (Å²) in [5.41, 5.74) is 6.46. The highest BCUT2D eigenvalue weighted by Gasteiger charge is 2.28. The molecule has 0 radical (unpaired) electrons. The van der Waals surface area contributed by atoms with E-state index in [2.05, 4.69) is 5.32 Å². The van der Waals surface area contributed by atoms with Crippen LogP contribution in [0.1, 0.15) is 23.3 Å². The van der Waals surface area contributed by atoms with E-state index < -0.39 is 0 Å². The second-order valence-electron chi connectivity index (χ2n) is 4.37. The number of rotatable bonds is 4. The SMILES string of the molecule is Cn1cc(Cl)cc1C(=O)NCC(N)C1CC1. The summed E-state index contributed by atoms with van der Waals surface area (Å²) in [7, 11) is 1.79. The van der Waals surface area contributed by atoms with E-state index in [0.717, 1.165) is 0 Å². The Morgan fingerprint density at radius 1 is 1.75 bits per heavy atom. The molecule has 0 bridgehead atoms. The number of carbonyl (C=O) groups excluding carboxylic acids is 1. The van der Waals surface area contributed by atoms with Crippen molar-refractivity contribution in [3.05, 3.63) is 23.0 Å². The zero-order valence-electron chi connectivity index (χ0n) is 9.24. The lowest BCUT2D eigenvalue weighted by atomic mass is 10.2. The number of nitrogens with zero attached hydrogens (tertiary/aromatic N) is 1. The molecule has 1 unspecified atom stereocenters. The minimum atomic E-state index is -0.120. The van der Waals surface area contributed by atoms with E-state index in [4.69, 9.17) is 17.3 Å². The predicted molar refractivity (Wildman–Crippen MR) is 63.5 cm³/mol. The molecule has 0 aromatic carbocycles. The molecule has 0 saturated heterocycles. The number of amides is 1. The summed E-state index contributed by atoms with van der Waals surface area (Å²) in [4.78, 5) is 11.8. The van der Waals surface area contributed by atoms with E-state index >= 15 is 0 Å². The number of aromatic nitrogens is 1. The molecule has 1 atom stereocenters. The monoisotopic (exact) mass is 241 g/mol. The summed E-state index contributed by atoms with van der Waals surface area (Å²) in [6.07, 6.45) is 4.08. The fourth-order valence-corrected chi connectivity index (χ4v) is 1.99. The molecule has 1 fully saturated rings. The maximum Gasteiger partial charge on any atom is 0.268 e. The molecule has 88 valence electrons. The van der Waals surface area contributed by atoms with Crippen molar-refractivity contribution in [2.24, 2.45) is 18.7 Å². The van der Waals surface area contributed by atoms with Gasteiger partial charge in [0, 0.05) is 25.8 Å². The van der Waals surface area contributed by atoms with Crippen LogP contribution in [0.2, 0.25) is 5.02 Å². The van der Waals surface area contributed by atoms with Crippen LogP contribution in [0.15, 0.2) is 12.3 Å². The van der Waals surface area contributed by atoms with Crippen molar-refractivity contribution >= 4 is 17.5 Å². The molecule has 2 rings (SSSR count). The van der Waals surface area contributed by atoms with Crippen molar-refractivity contribution in [3.63, 3.8) is 0 Å². The van der Waals surface area contributed by atoms with Crippen LogP contribution in [0.25, 0.3) is 0 Å². The Bertz CT molecular complexity index is 398. The molecule has 4 nitrogen and oxygen atoms in total. The van der Waals surface area contributed by atoms with Crippen molar-refractivity contribution in [1.29, 1.82) is 0 Å². The van der Waals surface area contributed by atoms with Crippen molar-refractivity contribution in [2.45, 2.75) is 18.9 Å². The average molecular weight is 242 g/mol. The smallest absolute Gasteiger partial charge is 0.268 e. The number of aryl methyl sites for hydroxylation is 1. The normalized spacial score (nSPS) is 17.2. The molecule has 1 heterocycles. The lowest BCUT2D eigenvalue weighted by molar-refractivity contribution is 0.0942. The van der Waals surface area contributed by atoms with E-state index in [1.807, 2.05) is 0 Å². The third-order valence-corrected chi connectivity index (χ3v) is 3.14. The first-order valence-electron chi connectivity index (χ1n) is 5.43. The second kappa shape index (κ2) is 4.47. The molecule has 1 amide bonds. The summed E-state index contributed by atoms with van der Waals surface area (Å²) in [6.45, 7) is 0.534. The predicted octanol–water partition coefficient (Wildman–Crippen LogP) is 1.15. The Balaban J connectivity index is 1.89. The minimum Gasteiger partial charge on any atom is -0.349 e. The van der Waals surface area contributed by atoms with Crippen LogP contribution in [0.5, 0.6) is 0 Å². The molecule has 1 aromatic rings. The highest BCUT2D eigenvalue weighted by Crippen LogP contribution is 2.31. The third-order valence-electron chi connectivity index (χ3n) is 2.93. The first-order valence-corrected chi connectivity index (χ1v) is 5.81. The average Bonchev–Trinajstić information content (AvgIpc) is 3.01. The molecule has 1 aliphatic carbocycles. The van der Waals surface area contributed by atoms with Gasteiger partial charge in [-0.2, -0.15) is 0 Å². The third kappa shape index (κ3) is 2.57. The Hall–Kier alpha value is -1.00. The van der Waals surface area contributed by atoms with Gasteiger partial charge in [0.15, 0.2) is 0 Å². The van der Waals surface area contributed by atoms with Crippen molar-refractivity contribution in [3.8, 4) is 0 Å². The van der Waals surface area contributed by atoms with E-state index in [9.17, 15) is 4.79 Å². The summed E-state index contributed by atoms with van der Waals surface area (Å²) in [6, 6.07) is 1.74. The second-order valence-corrected chi connectivity index (χ2v) is 4.80. The fourth-order valence-electron chi connectivity index (χ4n) is 1.74. The van der Waals surface area contributed by atoms with Crippen molar-refractivity contribution in [1.82, 2.24) is 9.88 Å². The summed E-state index contributed by atoms with van der Waals surface area (Å²) in [5.74, 6) is 0.475. The Morgan fingerprint density at radius 2 is 2.44 bits per heavy atom. The molecule has 3 N–H and O–H groups in total. The number of nitrogens with two attached hydrogens (primary N) is 1. The van der Waals surface area contributed by atoms with Gasteiger partial charge in [-0.15, -0.1) is 0 Å². The van der Waals surface area contributed by atoms with Gasteiger partial charge in [0.05, 0.1) is 5.02 Å². The lowest BCUT2D eigenvalue weighted by Crippen LogP contribution is -2.39. The highest BCUT2D eigenvalue weighted by molar-refractivity contribution is 6.31. The van der Waals surface area contributed by atoms with Gasteiger partial charge in [0.1, 0.15) is 5.69 Å². The Morgan fingerprint density at radius 3 is 2.94 bits per heavy atom. The molecular weight excluding hydrogens is 226 g/mol. The zero-order valence-corrected chi connectivity index (χ0v) is 10.00. The number of hydrogen-bond donors (Lipinski definition) is 2. The van der Waals surface area contributed by atoms with Crippen LogP contribution >= 0.6 is 11.6 Å². The molecule has 1 saturated carbocycles. The van der Waals surface area contributed by atoms with Gasteiger partial charge in [-0.1, -0.05) is 11.6 Å². The quantitative estimate of drug-likeness (QED) is 0.831. The molecule has 1 aliphatic rings. The summed E-state index contributed by atoms with van der Waals surface area (Å²) >= 11 is 5.81. The Labute approximate surface area is 99.8 Å². The topological polar surface area (TPSA) is 60.0 Å². The number of carbonyl (C=O) groups is 1. The van der Waals surface area contributed by atoms with Gasteiger partial charge >= 0.3 is 0 Å². The fraction of sp³-hybridized carbons (Fsp3) is 0.545. The van der Waals surface area contributed by atoms with Gasteiger partial charge in [-0.3, -0.25) is 4.79 Å². The van der Waals surface area contributed by atoms with Crippen molar-refractivity contribution in [2.75, 3.05) is 6.54 Å². The molecule has 16 heavy (non-hydrogen) atoms. The highest BCUT2D eigenvalue weighted by atomic mass is 35.5. The van der Waals surface area contributed by atoms with E-state index in [1.165, 1.54) is 12.8 Å². The first-order chi connectivity index (χ1) is 7.58. The van der Waals surface area contributed by atoms with Gasteiger partial charge in [0.25, 0.3) is 5.91 Å². The van der Waals surface area contributed by atoms with Crippen LogP contribution in [-0.2, 0) is 7.05 Å². The van der Waals surface area contributed by atoms with Crippen molar-refractivity contribution < 1.29 is 4.79 Å². The van der Waals surface area contributed by atoms with Crippen LogP contribution < -0.4 is 11.1 Å². The standard InChI is InChI=1S/C11H16ClN3O/c1-15-6-8(12)4-10(15)11(16)14-5-9(13)7-2-3-7/h4,6-7,9H,2-3,5,13H2,1H3,(H,14,16). The zero-order chi connectivity index (χ0) is 11.7. The lowest BCUT2D eigenvalue weighted by Gasteiger charge is -2.11. The molecule has 0 spiro atoms. The van der Waals surface area contributed by atoms with E-state index in [-0.39, 0.29) is 11.9 Å². The number of nitrogens with one attached hydrogen (secondary N) is 1. The maximum absolute atomic E-state index is 11.8. The summed E-state index contributed by atoms with van der Waals surface area (Å²) in [5, 5.41) is 3.40. The van der Waals surface area contributed by atoms with E-state index in [0.29, 0.717) is 23.2 Å². The van der Waals surface area contributed by atoms with Crippen LogP contribution in [0, 0.1) is 5.92 Å². The van der Waals surface area contributed by atoms with Crippen LogP contribution in [-0.4, -0.2) is 23.1 Å². The van der Waals surface area contributed by atoms with Gasteiger partial charge in [0.2, 0.25) is 0 Å². The largest absolute Gasteiger partial charge is 0.349 e. The number of halogens is 1. The van der Waals surface area contributed by atoms with Gasteiger partial charge in [-0.25, -0.2) is 0 Å². The molecule has 5 heteroatoms. The maximum atomic E-state index is 11.8. The molecular formula is C11H16ClN3O. The minimum absolute atomic E-state index is 0.0830. The van der Waals surface area contributed by atoms with Crippen LogP contribution in [0.4, 0.5) is 0 Å². The van der Waals surface area contributed by atoms with E-state index in [1.54, 1.807) is 23.9 Å². The van der Waals surface area contributed by atoms with Crippen LogP contribution in [0.3, 0.4) is 0 Å². The summed E-state index contributed by atoms with van der Waals surface area (Å²) < 4.78 is 1.71. The number of hydrogen-bond acceptors (Lipinski definition) is 2. The van der Waals surface area contributed by atoms with Gasteiger partial charge in [-0.05, 0) is 24.8 Å². The van der Waals surface area contributed by atoms with Gasteiger partial charge < -0.3 is 15.6 Å². The Kier molecular flexibility index (Phi) is 3.21. The molecule has 0 aliphatic heterocycles. The molecule has 1 aromatic heterocycles.